The van der Waals surface area contributed by atoms with Crippen LogP contribution in [0.25, 0.3) is 0 Å². The standard InChI is InChI=1S/C13H19FN2O4/c1-13(2,3)20-12(19)16-7-10(17)11(18)8-4-5-15-6-9(8)14/h4-6,10-11,17-18H,7H2,1-3H3,(H,16,19). The lowest BCUT2D eigenvalue weighted by Gasteiger charge is -2.22. The lowest BCUT2D eigenvalue weighted by atomic mass is 10.1. The van der Waals surface area contributed by atoms with E-state index < -0.39 is 29.7 Å². The highest BCUT2D eigenvalue weighted by molar-refractivity contribution is 5.67. The molecule has 1 rings (SSSR count). The van der Waals surface area contributed by atoms with Gasteiger partial charge in [0.1, 0.15) is 23.6 Å². The van der Waals surface area contributed by atoms with E-state index in [0.29, 0.717) is 0 Å². The zero-order chi connectivity index (χ0) is 15.3. The van der Waals surface area contributed by atoms with Crippen molar-refractivity contribution in [2.75, 3.05) is 6.54 Å². The first-order valence-electron chi connectivity index (χ1n) is 6.13. The Bertz CT molecular complexity index is 462. The van der Waals surface area contributed by atoms with Crippen LogP contribution in [0.3, 0.4) is 0 Å². The minimum absolute atomic E-state index is 0.0847. The summed E-state index contributed by atoms with van der Waals surface area (Å²) in [6.07, 6.45) is -1.31. The minimum atomic E-state index is -1.46. The number of aliphatic hydroxyl groups is 2. The second-order valence-electron chi connectivity index (χ2n) is 5.29. The lowest BCUT2D eigenvalue weighted by Crippen LogP contribution is -2.39. The largest absolute Gasteiger partial charge is 0.444 e. The van der Waals surface area contributed by atoms with Crippen molar-refractivity contribution in [1.29, 1.82) is 0 Å². The molecular weight excluding hydrogens is 267 g/mol. The smallest absolute Gasteiger partial charge is 0.407 e. The number of alkyl carbamates (subject to hydrolysis) is 1. The molecule has 2 atom stereocenters. The second-order valence-corrected chi connectivity index (χ2v) is 5.29. The Hall–Kier alpha value is -1.73. The second kappa shape index (κ2) is 6.62. The lowest BCUT2D eigenvalue weighted by molar-refractivity contribution is 0.0112. The molecule has 0 saturated heterocycles. The predicted octanol–water partition coefficient (Wildman–Crippen LogP) is 1.14. The van der Waals surface area contributed by atoms with E-state index in [9.17, 15) is 19.4 Å². The van der Waals surface area contributed by atoms with Crippen LogP contribution < -0.4 is 5.32 Å². The number of ether oxygens (including phenoxy) is 1. The maximum absolute atomic E-state index is 13.4. The Labute approximate surface area is 116 Å². The van der Waals surface area contributed by atoms with E-state index in [1.165, 1.54) is 12.3 Å². The quantitative estimate of drug-likeness (QED) is 0.772. The van der Waals surface area contributed by atoms with Crippen molar-refractivity contribution in [3.63, 3.8) is 0 Å². The van der Waals surface area contributed by atoms with Gasteiger partial charge in [0.2, 0.25) is 0 Å². The molecule has 0 spiro atoms. The summed E-state index contributed by atoms with van der Waals surface area (Å²) in [7, 11) is 0. The number of aliphatic hydroxyl groups excluding tert-OH is 2. The number of amides is 1. The Morgan fingerprint density at radius 2 is 2.15 bits per heavy atom. The molecule has 6 nitrogen and oxygen atoms in total. The molecule has 0 aromatic carbocycles. The average molecular weight is 286 g/mol. The number of aromatic nitrogens is 1. The number of nitrogens with zero attached hydrogens (tertiary/aromatic N) is 1. The zero-order valence-corrected chi connectivity index (χ0v) is 11.6. The fraction of sp³-hybridized carbons (Fsp3) is 0.538. The number of rotatable bonds is 4. The zero-order valence-electron chi connectivity index (χ0n) is 11.6. The number of halogens is 1. The summed E-state index contributed by atoms with van der Waals surface area (Å²) in [6.45, 7) is 4.83. The molecular formula is C13H19FN2O4. The van der Waals surface area contributed by atoms with Crippen LogP contribution in [-0.4, -0.2) is 39.5 Å². The summed E-state index contributed by atoms with van der Waals surface area (Å²) in [4.78, 5) is 14.9. The van der Waals surface area contributed by atoms with Crippen LogP contribution in [0, 0.1) is 5.82 Å². The Balaban J connectivity index is 2.53. The highest BCUT2D eigenvalue weighted by Gasteiger charge is 2.23. The van der Waals surface area contributed by atoms with Gasteiger partial charge in [0.15, 0.2) is 0 Å². The molecule has 3 N–H and O–H groups in total. The molecule has 0 aliphatic carbocycles. The van der Waals surface area contributed by atoms with Gasteiger partial charge in [-0.25, -0.2) is 9.18 Å². The van der Waals surface area contributed by atoms with Crippen molar-refractivity contribution in [3.05, 3.63) is 29.8 Å². The summed E-state index contributed by atoms with van der Waals surface area (Å²) in [5.41, 5.74) is -0.747. The van der Waals surface area contributed by atoms with E-state index in [2.05, 4.69) is 10.3 Å². The van der Waals surface area contributed by atoms with Gasteiger partial charge in [-0.15, -0.1) is 0 Å². The van der Waals surface area contributed by atoms with Gasteiger partial charge in [-0.3, -0.25) is 4.98 Å². The summed E-state index contributed by atoms with van der Waals surface area (Å²) in [5, 5.41) is 21.8. The van der Waals surface area contributed by atoms with Gasteiger partial charge in [-0.05, 0) is 26.8 Å². The molecule has 7 heteroatoms. The molecule has 0 fully saturated rings. The van der Waals surface area contributed by atoms with Gasteiger partial charge in [0, 0.05) is 18.3 Å². The maximum atomic E-state index is 13.4. The molecule has 0 saturated carbocycles. The number of carbonyl (C=O) groups excluding carboxylic acids is 1. The number of carbonyl (C=O) groups is 1. The summed E-state index contributed by atoms with van der Waals surface area (Å²) < 4.78 is 18.3. The predicted molar refractivity (Wildman–Crippen MR) is 69.4 cm³/mol. The van der Waals surface area contributed by atoms with Gasteiger partial charge in [0.25, 0.3) is 0 Å². The van der Waals surface area contributed by atoms with Crippen molar-refractivity contribution in [1.82, 2.24) is 10.3 Å². The molecule has 2 unspecified atom stereocenters. The summed E-state index contributed by atoms with van der Waals surface area (Å²) in [5.74, 6) is -0.726. The van der Waals surface area contributed by atoms with Crippen LogP contribution in [0.2, 0.25) is 0 Å². The molecule has 0 aliphatic rings. The first-order chi connectivity index (χ1) is 9.20. The molecule has 1 aromatic rings. The molecule has 0 radical (unpaired) electrons. The number of pyridine rings is 1. The van der Waals surface area contributed by atoms with Crippen LogP contribution in [0.1, 0.15) is 32.4 Å². The van der Waals surface area contributed by atoms with Crippen LogP contribution in [0.5, 0.6) is 0 Å². The van der Waals surface area contributed by atoms with Gasteiger partial charge >= 0.3 is 6.09 Å². The first kappa shape index (κ1) is 16.3. The number of hydrogen-bond acceptors (Lipinski definition) is 5. The topological polar surface area (TPSA) is 91.7 Å². The van der Waals surface area contributed by atoms with E-state index in [4.69, 9.17) is 4.74 Å². The third-order valence-electron chi connectivity index (χ3n) is 2.34. The van der Waals surface area contributed by atoms with Crippen LogP contribution >= 0.6 is 0 Å². The number of hydrogen-bond donors (Lipinski definition) is 3. The molecule has 1 amide bonds. The van der Waals surface area contributed by atoms with Crippen molar-refractivity contribution >= 4 is 6.09 Å². The fourth-order valence-corrected chi connectivity index (χ4v) is 1.45. The van der Waals surface area contributed by atoms with E-state index in [1.807, 2.05) is 0 Å². The molecule has 0 aliphatic heterocycles. The van der Waals surface area contributed by atoms with Gasteiger partial charge in [0.05, 0.1) is 6.20 Å². The Kier molecular flexibility index (Phi) is 5.41. The maximum Gasteiger partial charge on any atom is 0.407 e. The third-order valence-corrected chi connectivity index (χ3v) is 2.34. The van der Waals surface area contributed by atoms with Gasteiger partial charge < -0.3 is 20.3 Å². The average Bonchev–Trinajstić information content (AvgIpc) is 2.33. The van der Waals surface area contributed by atoms with Crippen molar-refractivity contribution in [2.45, 2.75) is 38.6 Å². The van der Waals surface area contributed by atoms with Crippen molar-refractivity contribution in [2.24, 2.45) is 0 Å². The van der Waals surface area contributed by atoms with Gasteiger partial charge in [-0.2, -0.15) is 0 Å². The first-order valence-corrected chi connectivity index (χ1v) is 6.13. The Morgan fingerprint density at radius 3 is 2.70 bits per heavy atom. The Morgan fingerprint density at radius 1 is 1.50 bits per heavy atom. The van der Waals surface area contributed by atoms with E-state index in [0.717, 1.165) is 6.20 Å². The van der Waals surface area contributed by atoms with Crippen LogP contribution in [0.15, 0.2) is 18.5 Å². The number of nitrogens with one attached hydrogen (secondary N) is 1. The molecule has 20 heavy (non-hydrogen) atoms. The molecule has 0 bridgehead atoms. The van der Waals surface area contributed by atoms with E-state index >= 15 is 0 Å². The molecule has 1 heterocycles. The normalized spacial score (nSPS) is 14.5. The minimum Gasteiger partial charge on any atom is -0.444 e. The van der Waals surface area contributed by atoms with Crippen LogP contribution in [0.4, 0.5) is 9.18 Å². The van der Waals surface area contributed by atoms with Crippen LogP contribution in [-0.2, 0) is 4.74 Å². The van der Waals surface area contributed by atoms with E-state index in [1.54, 1.807) is 20.8 Å². The summed E-state index contributed by atoms with van der Waals surface area (Å²) in [6, 6.07) is 1.26. The van der Waals surface area contributed by atoms with Crippen molar-refractivity contribution < 1.29 is 24.1 Å². The van der Waals surface area contributed by atoms with E-state index in [-0.39, 0.29) is 12.1 Å². The highest BCUT2D eigenvalue weighted by Crippen LogP contribution is 2.18. The van der Waals surface area contributed by atoms with Gasteiger partial charge in [-0.1, -0.05) is 0 Å². The SMILES string of the molecule is CC(C)(C)OC(=O)NCC(O)C(O)c1ccncc1F. The summed E-state index contributed by atoms with van der Waals surface area (Å²) >= 11 is 0. The highest BCUT2D eigenvalue weighted by atomic mass is 19.1. The fourth-order valence-electron chi connectivity index (χ4n) is 1.45. The molecule has 1 aromatic heterocycles. The van der Waals surface area contributed by atoms with Crippen molar-refractivity contribution in [3.8, 4) is 0 Å². The monoisotopic (exact) mass is 286 g/mol. The molecule has 112 valence electrons. The third kappa shape index (κ3) is 5.10.